The first-order valence-electron chi connectivity index (χ1n) is 6.34. The van der Waals surface area contributed by atoms with Gasteiger partial charge in [0, 0.05) is 12.1 Å². The van der Waals surface area contributed by atoms with Crippen molar-refractivity contribution in [1.82, 2.24) is 10.0 Å². The van der Waals surface area contributed by atoms with Crippen molar-refractivity contribution >= 4 is 15.9 Å². The number of para-hydroxylation sites is 1. The molecule has 0 saturated carbocycles. The molecule has 1 rings (SSSR count). The van der Waals surface area contributed by atoms with Gasteiger partial charge in [0.2, 0.25) is 0 Å². The largest absolute Gasteiger partial charge is 0.313 e. The highest BCUT2D eigenvalue weighted by Gasteiger charge is 2.20. The van der Waals surface area contributed by atoms with E-state index in [-0.39, 0.29) is 0 Å². The normalized spacial score (nSPS) is 12.4. The minimum absolute atomic E-state index is 0.511. The molecule has 0 aliphatic rings. The van der Waals surface area contributed by atoms with Crippen LogP contribution in [0.5, 0.6) is 0 Å². The summed E-state index contributed by atoms with van der Waals surface area (Å²) in [7, 11) is -3.57. The molecule has 0 bridgehead atoms. The molecule has 0 fully saturated rings. The first-order valence-corrected chi connectivity index (χ1v) is 7.82. The lowest BCUT2D eigenvalue weighted by Crippen LogP contribution is -2.43. The van der Waals surface area contributed by atoms with Gasteiger partial charge in [-0.05, 0) is 38.9 Å². The Labute approximate surface area is 116 Å². The van der Waals surface area contributed by atoms with Gasteiger partial charge in [-0.3, -0.25) is 4.72 Å². The van der Waals surface area contributed by atoms with Crippen molar-refractivity contribution in [3.63, 3.8) is 0 Å². The summed E-state index contributed by atoms with van der Waals surface area (Å²) < 4.78 is 29.1. The average Bonchev–Trinajstić information content (AvgIpc) is 2.24. The van der Waals surface area contributed by atoms with Crippen LogP contribution in [-0.2, 0) is 16.8 Å². The van der Waals surface area contributed by atoms with Gasteiger partial charge in [-0.25, -0.2) is 0 Å². The minimum atomic E-state index is -3.57. The summed E-state index contributed by atoms with van der Waals surface area (Å²) in [6.45, 7) is 8.88. The van der Waals surface area contributed by atoms with E-state index in [0.29, 0.717) is 12.2 Å². The first kappa shape index (κ1) is 15.9. The molecule has 0 aromatic heterocycles. The van der Waals surface area contributed by atoms with Gasteiger partial charge in [0.1, 0.15) is 0 Å². The summed E-state index contributed by atoms with van der Waals surface area (Å²) in [6.07, 6.45) is 0. The number of hydrogen-bond donors (Lipinski definition) is 3. The molecule has 0 heterocycles. The zero-order valence-electron chi connectivity index (χ0n) is 11.9. The van der Waals surface area contributed by atoms with Crippen molar-refractivity contribution in [1.29, 1.82) is 0 Å². The molecule has 0 radical (unpaired) electrons. The summed E-state index contributed by atoms with van der Waals surface area (Å²) in [5.74, 6) is 0. The molecule has 0 spiro atoms. The Morgan fingerprint density at radius 3 is 2.37 bits per heavy atom. The van der Waals surface area contributed by atoms with E-state index in [1.807, 2.05) is 25.1 Å². The first-order chi connectivity index (χ1) is 8.73. The number of hydrogen-bond acceptors (Lipinski definition) is 3. The Morgan fingerprint density at radius 2 is 1.79 bits per heavy atom. The molecule has 19 heavy (non-hydrogen) atoms. The summed E-state index contributed by atoms with van der Waals surface area (Å²) in [5, 5.41) is 3.18. The highest BCUT2D eigenvalue weighted by atomic mass is 32.2. The Morgan fingerprint density at radius 1 is 1.16 bits per heavy atom. The van der Waals surface area contributed by atoms with Crippen LogP contribution in [0.2, 0.25) is 0 Å². The van der Waals surface area contributed by atoms with E-state index in [1.54, 1.807) is 26.8 Å². The van der Waals surface area contributed by atoms with Gasteiger partial charge in [0.15, 0.2) is 0 Å². The third-order valence-corrected chi connectivity index (χ3v) is 3.64. The van der Waals surface area contributed by atoms with E-state index in [1.165, 1.54) is 0 Å². The van der Waals surface area contributed by atoms with Crippen molar-refractivity contribution in [2.75, 3.05) is 11.3 Å². The molecule has 0 saturated heterocycles. The maximum absolute atomic E-state index is 12.0. The van der Waals surface area contributed by atoms with Crippen molar-refractivity contribution in [3.8, 4) is 0 Å². The minimum Gasteiger partial charge on any atom is -0.313 e. The molecule has 6 heteroatoms. The molecule has 5 nitrogen and oxygen atoms in total. The highest BCUT2D eigenvalue weighted by Crippen LogP contribution is 2.16. The number of rotatable bonds is 6. The quantitative estimate of drug-likeness (QED) is 0.747. The molecule has 108 valence electrons. The summed E-state index contributed by atoms with van der Waals surface area (Å²) in [5.41, 5.74) is 1.01. The van der Waals surface area contributed by atoms with Gasteiger partial charge in [0.25, 0.3) is 10.2 Å². The fourth-order valence-corrected chi connectivity index (χ4v) is 2.95. The standard InChI is InChI=1S/C13H23N3O2S/c1-5-14-10-11-8-6-7-9-12(11)15-19(17,18)16-13(2,3)4/h6-9,14-16H,5,10H2,1-4H3. The fraction of sp³-hybridized carbons (Fsp3) is 0.538. The van der Waals surface area contributed by atoms with Crippen molar-refractivity contribution in [3.05, 3.63) is 29.8 Å². The van der Waals surface area contributed by atoms with E-state index < -0.39 is 15.7 Å². The predicted octanol–water partition coefficient (Wildman–Crippen LogP) is 1.84. The highest BCUT2D eigenvalue weighted by molar-refractivity contribution is 7.90. The molecular weight excluding hydrogens is 262 g/mol. The van der Waals surface area contributed by atoms with Crippen molar-refractivity contribution in [2.45, 2.75) is 39.8 Å². The van der Waals surface area contributed by atoms with Gasteiger partial charge in [-0.15, -0.1) is 0 Å². The van der Waals surface area contributed by atoms with Gasteiger partial charge >= 0.3 is 0 Å². The monoisotopic (exact) mass is 285 g/mol. The van der Waals surface area contributed by atoms with Crippen LogP contribution < -0.4 is 14.8 Å². The summed E-state index contributed by atoms with van der Waals surface area (Å²) >= 11 is 0. The van der Waals surface area contributed by atoms with Crippen LogP contribution in [-0.4, -0.2) is 20.5 Å². The molecule has 3 N–H and O–H groups in total. The van der Waals surface area contributed by atoms with Crippen molar-refractivity contribution < 1.29 is 8.42 Å². The lowest BCUT2D eigenvalue weighted by Gasteiger charge is -2.21. The second-order valence-electron chi connectivity index (χ2n) is 5.40. The Balaban J connectivity index is 2.87. The second-order valence-corrected chi connectivity index (χ2v) is 6.81. The lowest BCUT2D eigenvalue weighted by molar-refractivity contribution is 0.494. The smallest absolute Gasteiger partial charge is 0.299 e. The van der Waals surface area contributed by atoms with Crippen LogP contribution in [0, 0.1) is 0 Å². The molecule has 0 atom stereocenters. The molecule has 0 aliphatic carbocycles. The number of nitrogens with one attached hydrogen (secondary N) is 3. The summed E-state index contributed by atoms with van der Waals surface area (Å²) in [6, 6.07) is 7.36. The Kier molecular flexibility index (Phi) is 5.34. The SMILES string of the molecule is CCNCc1ccccc1NS(=O)(=O)NC(C)(C)C. The third kappa shape index (κ3) is 6.04. The molecule has 0 unspecified atom stereocenters. The third-order valence-electron chi connectivity index (χ3n) is 2.27. The molecular formula is C13H23N3O2S. The average molecular weight is 285 g/mol. The van der Waals surface area contributed by atoms with Crippen LogP contribution in [0.4, 0.5) is 5.69 Å². The fourth-order valence-electron chi connectivity index (χ4n) is 1.61. The molecule has 1 aromatic rings. The van der Waals surface area contributed by atoms with Gasteiger partial charge in [0.05, 0.1) is 5.69 Å². The Hall–Kier alpha value is -1.11. The topological polar surface area (TPSA) is 70.2 Å². The van der Waals surface area contributed by atoms with E-state index in [9.17, 15) is 8.42 Å². The number of benzene rings is 1. The molecule has 0 amide bonds. The zero-order valence-corrected chi connectivity index (χ0v) is 12.8. The van der Waals surface area contributed by atoms with Gasteiger partial charge in [-0.2, -0.15) is 13.1 Å². The maximum atomic E-state index is 12.0. The van der Waals surface area contributed by atoms with Crippen LogP contribution in [0.1, 0.15) is 33.3 Å². The van der Waals surface area contributed by atoms with Crippen molar-refractivity contribution in [2.24, 2.45) is 0 Å². The second kappa shape index (κ2) is 6.36. The number of anilines is 1. The van der Waals surface area contributed by atoms with Crippen LogP contribution in [0.25, 0.3) is 0 Å². The zero-order chi connectivity index (χ0) is 14.5. The van der Waals surface area contributed by atoms with E-state index in [0.717, 1.165) is 12.1 Å². The van der Waals surface area contributed by atoms with Gasteiger partial charge < -0.3 is 5.32 Å². The van der Waals surface area contributed by atoms with Crippen LogP contribution in [0.3, 0.4) is 0 Å². The molecule has 1 aromatic carbocycles. The van der Waals surface area contributed by atoms with Crippen LogP contribution in [0.15, 0.2) is 24.3 Å². The molecule has 0 aliphatic heterocycles. The van der Waals surface area contributed by atoms with Gasteiger partial charge in [-0.1, -0.05) is 25.1 Å². The maximum Gasteiger partial charge on any atom is 0.299 e. The lowest BCUT2D eigenvalue weighted by atomic mass is 10.1. The van der Waals surface area contributed by atoms with E-state index >= 15 is 0 Å². The predicted molar refractivity (Wildman–Crippen MR) is 79.3 cm³/mol. The van der Waals surface area contributed by atoms with Crippen LogP contribution >= 0.6 is 0 Å². The Bertz CT molecular complexity index is 507. The summed E-state index contributed by atoms with van der Waals surface area (Å²) in [4.78, 5) is 0. The van der Waals surface area contributed by atoms with E-state index in [4.69, 9.17) is 0 Å². The van der Waals surface area contributed by atoms with E-state index in [2.05, 4.69) is 14.8 Å².